The number of aromatic nitrogens is 1. The molecule has 0 spiro atoms. The molecule has 2 fully saturated rings. The van der Waals surface area contributed by atoms with E-state index >= 15 is 0 Å². The molecule has 4 heterocycles. The Hall–Kier alpha value is -3.40. The first-order valence-electron chi connectivity index (χ1n) is 17.0. The molecule has 0 saturated carbocycles. The summed E-state index contributed by atoms with van der Waals surface area (Å²) in [6.07, 6.45) is 2.66. The van der Waals surface area contributed by atoms with Crippen molar-refractivity contribution in [1.82, 2.24) is 20.1 Å². The number of epoxide rings is 1. The molecule has 4 rings (SSSR count). The molecule has 0 aliphatic carbocycles. The van der Waals surface area contributed by atoms with Crippen molar-refractivity contribution in [2.75, 3.05) is 38.5 Å². The summed E-state index contributed by atoms with van der Waals surface area (Å²) in [6, 6.07) is -1.45. The second-order valence-electron chi connectivity index (χ2n) is 13.4. The second kappa shape index (κ2) is 16.5. The normalized spacial score (nSPS) is 31.1. The highest BCUT2D eigenvalue weighted by atomic mass is 32.2. The van der Waals surface area contributed by atoms with Crippen LogP contribution < -0.4 is 5.32 Å². The minimum Gasteiger partial charge on any atom is -0.460 e. The number of oxazole rings is 1. The molecule has 2 amide bonds. The van der Waals surface area contributed by atoms with E-state index in [-0.39, 0.29) is 86.1 Å². The van der Waals surface area contributed by atoms with Gasteiger partial charge in [-0.15, -0.1) is 0 Å². The molecule has 3 aliphatic heterocycles. The lowest BCUT2D eigenvalue weighted by atomic mass is 9.94. The van der Waals surface area contributed by atoms with Gasteiger partial charge in [-0.3, -0.25) is 14.4 Å². The summed E-state index contributed by atoms with van der Waals surface area (Å²) in [5, 5.41) is 12.1. The number of cyclic esters (lactones) is 1. The minimum absolute atomic E-state index is 0.0215. The van der Waals surface area contributed by atoms with Gasteiger partial charge in [0.2, 0.25) is 11.8 Å². The number of esters is 1. The zero-order chi connectivity index (χ0) is 36.0. The maximum atomic E-state index is 14.0. The fourth-order valence-corrected chi connectivity index (χ4v) is 8.46. The van der Waals surface area contributed by atoms with Gasteiger partial charge in [0.05, 0.1) is 23.5 Å². The van der Waals surface area contributed by atoms with E-state index in [1.807, 2.05) is 32.6 Å². The molecule has 0 aromatic carbocycles. The highest BCUT2D eigenvalue weighted by Gasteiger charge is 2.50. The number of ketones is 1. The summed E-state index contributed by atoms with van der Waals surface area (Å²) in [5.41, 5.74) is 0.539. The van der Waals surface area contributed by atoms with E-state index in [4.69, 9.17) is 13.9 Å². The molecule has 1 aromatic heterocycles. The number of sulfone groups is 1. The number of carbonyl (C=O) groups excluding carboxylic acids is 4. The van der Waals surface area contributed by atoms with Crippen LogP contribution in [0.2, 0.25) is 0 Å². The van der Waals surface area contributed by atoms with Gasteiger partial charge in [-0.05, 0) is 44.0 Å². The number of fused-ring (bicyclic) bond motifs is 4. The van der Waals surface area contributed by atoms with Gasteiger partial charge in [0.1, 0.15) is 36.4 Å². The first-order valence-corrected chi connectivity index (χ1v) is 18.8. The Labute approximate surface area is 288 Å². The van der Waals surface area contributed by atoms with E-state index < -0.39 is 51.1 Å². The molecule has 2 bridgehead atoms. The van der Waals surface area contributed by atoms with Gasteiger partial charge in [0, 0.05) is 32.0 Å². The molecule has 2 unspecified atom stereocenters. The first kappa shape index (κ1) is 38.4. The summed E-state index contributed by atoms with van der Waals surface area (Å²) in [5.74, 6) is -3.26. The number of aliphatic hydroxyl groups excluding tert-OH is 1. The third-order valence-electron chi connectivity index (χ3n) is 9.39. The topological polar surface area (TPSA) is 189 Å². The highest BCUT2D eigenvalue weighted by molar-refractivity contribution is 7.92. The van der Waals surface area contributed by atoms with Crippen molar-refractivity contribution in [2.45, 2.75) is 96.5 Å². The smallest absolute Gasteiger partial charge is 0.330 e. The van der Waals surface area contributed by atoms with Crippen molar-refractivity contribution in [3.63, 3.8) is 0 Å². The Bertz CT molecular complexity index is 1530. The van der Waals surface area contributed by atoms with E-state index in [9.17, 15) is 32.7 Å². The van der Waals surface area contributed by atoms with Crippen molar-refractivity contribution < 1.29 is 46.6 Å². The number of rotatable bonds is 7. The van der Waals surface area contributed by atoms with Crippen LogP contribution in [0.25, 0.3) is 0 Å². The number of nitrogens with zero attached hydrogens (tertiary/aromatic N) is 3. The molecule has 272 valence electrons. The lowest BCUT2D eigenvalue weighted by Crippen LogP contribution is -2.50. The molecular formula is C34H50N4O10S. The van der Waals surface area contributed by atoms with Gasteiger partial charge in [0.15, 0.2) is 15.5 Å². The van der Waals surface area contributed by atoms with Crippen molar-refractivity contribution in [1.29, 1.82) is 0 Å². The number of Topliss-reactive ketones (excluding diaryl/α,β-unsaturated/α-hetero) is 1. The SMILES string of the molecule is CCN(CC)CCS(=O)(=O)[C@@H]1CCN2C(=O)c3coc(n3)CC(=O)C[C@H](O)/C=C(\C)C3OC3CNC(=O)/C=C/[C@@H](C)[C@@H](C(C)C)OC(=O)[C@@H]12. The monoisotopic (exact) mass is 706 g/mol. The lowest BCUT2D eigenvalue weighted by molar-refractivity contribution is -0.157. The number of amides is 2. The number of carbonyl (C=O) groups is 4. The molecule has 7 atom stereocenters. The van der Waals surface area contributed by atoms with Crippen LogP contribution in [0.5, 0.6) is 0 Å². The molecular weight excluding hydrogens is 656 g/mol. The predicted octanol–water partition coefficient (Wildman–Crippen LogP) is 1.48. The number of aliphatic hydroxyl groups is 1. The van der Waals surface area contributed by atoms with Gasteiger partial charge in [-0.1, -0.05) is 46.8 Å². The van der Waals surface area contributed by atoms with Crippen LogP contribution in [0.4, 0.5) is 0 Å². The molecule has 15 heteroatoms. The summed E-state index contributed by atoms with van der Waals surface area (Å²) in [7, 11) is -3.88. The fourth-order valence-electron chi connectivity index (χ4n) is 6.52. The van der Waals surface area contributed by atoms with Crippen LogP contribution in [0.3, 0.4) is 0 Å². The third kappa shape index (κ3) is 9.86. The summed E-state index contributed by atoms with van der Waals surface area (Å²) in [6.45, 7) is 12.9. The predicted molar refractivity (Wildman–Crippen MR) is 179 cm³/mol. The van der Waals surface area contributed by atoms with Crippen molar-refractivity contribution in [3.05, 3.63) is 41.6 Å². The zero-order valence-electron chi connectivity index (χ0n) is 29.2. The second-order valence-corrected chi connectivity index (χ2v) is 15.7. The highest BCUT2D eigenvalue weighted by Crippen LogP contribution is 2.31. The van der Waals surface area contributed by atoms with Gasteiger partial charge in [-0.2, -0.15) is 0 Å². The molecule has 2 N–H and O–H groups in total. The maximum absolute atomic E-state index is 14.0. The van der Waals surface area contributed by atoms with Crippen molar-refractivity contribution >= 4 is 33.4 Å². The minimum atomic E-state index is -3.88. The summed E-state index contributed by atoms with van der Waals surface area (Å²) < 4.78 is 44.6. The van der Waals surface area contributed by atoms with E-state index in [1.165, 1.54) is 12.2 Å². The molecule has 3 aliphatic rings. The summed E-state index contributed by atoms with van der Waals surface area (Å²) >= 11 is 0. The number of hydrogen-bond acceptors (Lipinski definition) is 12. The largest absolute Gasteiger partial charge is 0.460 e. The van der Waals surface area contributed by atoms with Crippen LogP contribution in [-0.2, 0) is 40.1 Å². The van der Waals surface area contributed by atoms with E-state index in [2.05, 4.69) is 10.3 Å². The third-order valence-corrected chi connectivity index (χ3v) is 11.6. The summed E-state index contributed by atoms with van der Waals surface area (Å²) in [4.78, 5) is 60.6. The van der Waals surface area contributed by atoms with Gasteiger partial charge in [0.25, 0.3) is 5.91 Å². The lowest BCUT2D eigenvalue weighted by Gasteiger charge is -2.31. The van der Waals surface area contributed by atoms with Crippen molar-refractivity contribution in [2.24, 2.45) is 11.8 Å². The van der Waals surface area contributed by atoms with E-state index in [0.717, 1.165) is 16.7 Å². The standard InChI is InChI=1S/C34H50N4O10S/c1-7-37(8-2)13-14-49(44,45)27-11-12-38-30(27)34(43)48-31(20(3)4)21(5)9-10-28(41)35-18-26-32(47-26)22(6)15-23(39)16-24(40)17-29-36-25(19-46-29)33(38)42/h9-10,15,19-21,23,26-27,30-32,39H,7-8,11-14,16-18H2,1-6H3,(H,35,41)/b10-9+,22-15+/t21-,23-,26?,27-,30-,31-,32?/m1/s1. The average Bonchev–Trinajstić information content (AvgIpc) is 3.43. The number of hydrogen-bond donors (Lipinski definition) is 2. The van der Waals surface area contributed by atoms with E-state index in [0.29, 0.717) is 13.1 Å². The van der Waals surface area contributed by atoms with Gasteiger partial charge < -0.3 is 34.1 Å². The number of nitrogens with one attached hydrogen (secondary N) is 1. The van der Waals surface area contributed by atoms with Crippen molar-refractivity contribution in [3.8, 4) is 0 Å². The Morgan fingerprint density at radius 2 is 1.88 bits per heavy atom. The Morgan fingerprint density at radius 3 is 2.55 bits per heavy atom. The molecule has 1 aromatic rings. The maximum Gasteiger partial charge on any atom is 0.330 e. The van der Waals surface area contributed by atoms with Gasteiger partial charge >= 0.3 is 5.97 Å². The fraction of sp³-hybridized carbons (Fsp3) is 0.676. The van der Waals surface area contributed by atoms with Crippen LogP contribution >= 0.6 is 0 Å². The molecule has 2 saturated heterocycles. The van der Waals surface area contributed by atoms with Gasteiger partial charge in [-0.25, -0.2) is 18.2 Å². The first-order chi connectivity index (χ1) is 23.1. The molecule has 49 heavy (non-hydrogen) atoms. The Morgan fingerprint density at radius 1 is 1.16 bits per heavy atom. The van der Waals surface area contributed by atoms with Crippen LogP contribution in [0.15, 0.2) is 34.5 Å². The zero-order valence-corrected chi connectivity index (χ0v) is 30.0. The van der Waals surface area contributed by atoms with E-state index in [1.54, 1.807) is 19.9 Å². The molecule has 0 radical (unpaired) electrons. The quantitative estimate of drug-likeness (QED) is 0.237. The van der Waals surface area contributed by atoms with Crippen LogP contribution in [-0.4, -0.2) is 126 Å². The number of ether oxygens (including phenoxy) is 2. The Kier molecular flexibility index (Phi) is 13.0. The van der Waals surface area contributed by atoms with Crippen LogP contribution in [0, 0.1) is 11.8 Å². The van der Waals surface area contributed by atoms with Crippen LogP contribution in [0.1, 0.15) is 70.8 Å². The Balaban J connectivity index is 1.66. The average molecular weight is 707 g/mol. The molecule has 14 nitrogen and oxygen atoms in total.